The number of rotatable bonds is 17. The van der Waals surface area contributed by atoms with Gasteiger partial charge in [-0.1, -0.05) is 75.4 Å². The number of fused-ring (bicyclic) bond motifs is 2. The Morgan fingerprint density at radius 1 is 0.718 bits per heavy atom. The van der Waals surface area contributed by atoms with Gasteiger partial charge in [-0.25, -0.2) is 29.9 Å². The lowest BCUT2D eigenvalue weighted by Gasteiger charge is -2.41. The van der Waals surface area contributed by atoms with Crippen LogP contribution in [0.1, 0.15) is 56.3 Å². The Morgan fingerprint density at radius 3 is 1.73 bits per heavy atom. The number of nitrogens with zero attached hydrogens (tertiary/aromatic N) is 8. The lowest BCUT2D eigenvalue weighted by atomic mass is 9.79. The minimum Gasteiger partial charge on any atom is -0.497 e. The third kappa shape index (κ3) is 9.29. The second-order valence-electron chi connectivity index (χ2n) is 19.3. The zero-order valence-corrected chi connectivity index (χ0v) is 42.0. The number of carbonyl (C=O) groups is 1. The van der Waals surface area contributed by atoms with E-state index in [0.717, 1.165) is 16.7 Å². The SMILES string of the molecule is COc1ccc(C(OC[C@H]2O[C@@H](n3cnc4c(N)ncnc43)[C@H](O[Si](C)(C)C(C)(C)C)[C@@H]2CC(=O)NC[C@H]2O[C@@H](n3cnc4c(N)ncnc43)[C@H](OC)[C@@H]2O)(c2ccccc2)c2ccc(OC)cc2)cc1. The van der Waals surface area contributed by atoms with Crippen LogP contribution in [0.2, 0.25) is 18.1 Å². The van der Waals surface area contributed by atoms with E-state index in [1.54, 1.807) is 29.7 Å². The van der Waals surface area contributed by atoms with Crippen molar-refractivity contribution in [3.8, 4) is 11.5 Å². The van der Waals surface area contributed by atoms with Crippen molar-refractivity contribution < 1.29 is 42.7 Å². The standard InChI is InChI=1S/C50H61N11O9Si/c1-49(2,3)71(7,8)70-41-34(22-37(62)53-23-35-40(63)42(66-6)48(68-35)61-28-59-39-44(52)55-26-57-46(39)61)36(69-47(41)60-27-58-38-43(51)54-25-56-45(38)60)24-67-50(29-12-10-9-11-13-29,30-14-18-32(64-4)19-15-30)31-16-20-33(65-5)21-17-31/h9-21,25-28,34-36,40-42,47-48,63H,22-24H2,1-8H3,(H,53,62)(H2,51,54,56)(H2,52,55,57)/t34-,35-,36-,40-,41-,42-,47-,48-/m1/s1. The second kappa shape index (κ2) is 19.9. The van der Waals surface area contributed by atoms with Gasteiger partial charge in [0.1, 0.15) is 59.1 Å². The van der Waals surface area contributed by atoms with E-state index >= 15 is 0 Å². The number of ether oxygens (including phenoxy) is 6. The maximum atomic E-state index is 14.7. The number of imidazole rings is 2. The first-order valence-corrected chi connectivity index (χ1v) is 26.3. The molecular formula is C50H61N11O9Si. The number of carbonyl (C=O) groups excluding carboxylic acids is 1. The average molecular weight is 988 g/mol. The van der Waals surface area contributed by atoms with E-state index in [1.165, 1.54) is 26.1 Å². The lowest BCUT2D eigenvalue weighted by Crippen LogP contribution is -2.48. The molecule has 71 heavy (non-hydrogen) atoms. The van der Waals surface area contributed by atoms with Crippen molar-refractivity contribution in [2.75, 3.05) is 45.9 Å². The van der Waals surface area contributed by atoms with E-state index in [0.29, 0.717) is 33.8 Å². The van der Waals surface area contributed by atoms with Crippen molar-refractivity contribution in [1.82, 2.24) is 44.4 Å². The third-order valence-corrected chi connectivity index (χ3v) is 18.7. The molecule has 0 spiro atoms. The molecule has 2 aliphatic heterocycles. The molecule has 9 rings (SSSR count). The molecule has 7 aromatic rings. The summed E-state index contributed by atoms with van der Waals surface area (Å²) in [5, 5.41) is 14.4. The molecule has 8 atom stereocenters. The fourth-order valence-electron chi connectivity index (χ4n) is 9.34. The largest absolute Gasteiger partial charge is 0.497 e. The summed E-state index contributed by atoms with van der Waals surface area (Å²) in [6.45, 7) is 10.7. The zero-order valence-electron chi connectivity index (χ0n) is 41.0. The Kier molecular flexibility index (Phi) is 13.8. The van der Waals surface area contributed by atoms with Gasteiger partial charge in [0, 0.05) is 26.0 Å². The lowest BCUT2D eigenvalue weighted by molar-refractivity contribution is -0.125. The monoisotopic (exact) mass is 987 g/mol. The summed E-state index contributed by atoms with van der Waals surface area (Å²) in [6, 6.07) is 25.5. The number of aliphatic hydroxyl groups excluding tert-OH is 1. The summed E-state index contributed by atoms with van der Waals surface area (Å²) in [5.74, 6) is 0.816. The summed E-state index contributed by atoms with van der Waals surface area (Å²) in [6.07, 6.45) is -0.234. The van der Waals surface area contributed by atoms with Crippen LogP contribution >= 0.6 is 0 Å². The minimum atomic E-state index is -2.64. The third-order valence-electron chi connectivity index (χ3n) is 14.2. The summed E-state index contributed by atoms with van der Waals surface area (Å²) in [4.78, 5) is 40.8. The van der Waals surface area contributed by atoms with Gasteiger partial charge in [0.25, 0.3) is 0 Å². The predicted octanol–water partition coefficient (Wildman–Crippen LogP) is 5.54. The van der Waals surface area contributed by atoms with Gasteiger partial charge in [-0.15, -0.1) is 0 Å². The first-order valence-electron chi connectivity index (χ1n) is 23.4. The molecule has 0 unspecified atom stereocenters. The van der Waals surface area contributed by atoms with E-state index in [9.17, 15) is 9.90 Å². The molecule has 2 saturated heterocycles. The number of nitrogens with two attached hydrogens (primary N) is 2. The van der Waals surface area contributed by atoms with E-state index < -0.39 is 62.8 Å². The van der Waals surface area contributed by atoms with Crippen LogP contribution in [-0.2, 0) is 33.8 Å². The Bertz CT molecular complexity index is 2900. The molecule has 0 saturated carbocycles. The van der Waals surface area contributed by atoms with Crippen molar-refractivity contribution in [1.29, 1.82) is 0 Å². The van der Waals surface area contributed by atoms with Crippen LogP contribution in [-0.4, -0.2) is 123 Å². The first kappa shape index (κ1) is 49.4. The maximum absolute atomic E-state index is 14.7. The van der Waals surface area contributed by atoms with Crippen molar-refractivity contribution in [2.24, 2.45) is 5.92 Å². The Morgan fingerprint density at radius 2 is 1.23 bits per heavy atom. The van der Waals surface area contributed by atoms with Crippen LogP contribution in [0.5, 0.6) is 11.5 Å². The van der Waals surface area contributed by atoms with Gasteiger partial charge in [-0.05, 0) is 59.1 Å². The minimum absolute atomic E-state index is 0.0168. The van der Waals surface area contributed by atoms with E-state index in [-0.39, 0.29) is 42.2 Å². The predicted molar refractivity (Wildman–Crippen MR) is 266 cm³/mol. The van der Waals surface area contributed by atoms with Crippen molar-refractivity contribution in [3.05, 3.63) is 121 Å². The molecule has 6 N–H and O–H groups in total. The molecule has 0 radical (unpaired) electrons. The van der Waals surface area contributed by atoms with Gasteiger partial charge in [0.05, 0.1) is 45.7 Å². The molecule has 0 aliphatic carbocycles. The Balaban J connectivity index is 1.09. The first-order chi connectivity index (χ1) is 34.1. The van der Waals surface area contributed by atoms with Gasteiger partial charge in [-0.3, -0.25) is 13.9 Å². The summed E-state index contributed by atoms with van der Waals surface area (Å²) >= 11 is 0. The number of aromatic nitrogens is 8. The molecule has 2 aliphatic rings. The van der Waals surface area contributed by atoms with E-state index in [4.69, 9.17) is 44.3 Å². The molecule has 21 heteroatoms. The second-order valence-corrected chi connectivity index (χ2v) is 24.1. The van der Waals surface area contributed by atoms with Gasteiger partial charge in [0.2, 0.25) is 5.91 Å². The fraction of sp³-hybridized carbons (Fsp3) is 0.420. The molecule has 20 nitrogen and oxygen atoms in total. The number of amides is 1. The van der Waals surface area contributed by atoms with Crippen LogP contribution in [0.25, 0.3) is 22.3 Å². The number of nitrogen functional groups attached to an aromatic ring is 2. The summed E-state index contributed by atoms with van der Waals surface area (Å²) in [7, 11) is 2.10. The van der Waals surface area contributed by atoms with Gasteiger partial charge in [-0.2, -0.15) is 0 Å². The number of nitrogens with one attached hydrogen (secondary N) is 1. The van der Waals surface area contributed by atoms with Crippen molar-refractivity contribution >= 4 is 48.2 Å². The number of anilines is 2. The Hall–Kier alpha value is -6.59. The van der Waals surface area contributed by atoms with E-state index in [2.05, 4.69) is 69.1 Å². The molecule has 1 amide bonds. The number of benzene rings is 3. The molecule has 4 aromatic heterocycles. The van der Waals surface area contributed by atoms with Crippen LogP contribution in [0, 0.1) is 5.92 Å². The zero-order chi connectivity index (χ0) is 50.2. The number of hydrogen-bond acceptors (Lipinski definition) is 17. The van der Waals surface area contributed by atoms with Gasteiger partial charge in [0.15, 0.2) is 43.7 Å². The molecular weight excluding hydrogens is 927 g/mol. The fourth-order valence-corrected chi connectivity index (χ4v) is 10.7. The highest BCUT2D eigenvalue weighted by Gasteiger charge is 2.53. The molecule has 0 bridgehead atoms. The number of methoxy groups -OCH3 is 3. The smallest absolute Gasteiger partial charge is 0.220 e. The highest BCUT2D eigenvalue weighted by molar-refractivity contribution is 6.74. The summed E-state index contributed by atoms with van der Waals surface area (Å²) in [5.41, 5.74) is 15.3. The van der Waals surface area contributed by atoms with Crippen LogP contribution < -0.4 is 26.3 Å². The summed E-state index contributed by atoms with van der Waals surface area (Å²) < 4.78 is 48.9. The van der Waals surface area contributed by atoms with Gasteiger partial charge >= 0.3 is 0 Å². The molecule has 374 valence electrons. The van der Waals surface area contributed by atoms with Crippen molar-refractivity contribution in [3.63, 3.8) is 0 Å². The number of aliphatic hydroxyl groups is 1. The quantitative estimate of drug-likeness (QED) is 0.0645. The molecule has 3 aromatic carbocycles. The highest BCUT2D eigenvalue weighted by Crippen LogP contribution is 2.48. The highest BCUT2D eigenvalue weighted by atomic mass is 28.4. The van der Waals surface area contributed by atoms with Crippen LogP contribution in [0.4, 0.5) is 11.6 Å². The van der Waals surface area contributed by atoms with Gasteiger partial charge < -0.3 is 54.7 Å². The van der Waals surface area contributed by atoms with Crippen LogP contribution in [0.3, 0.4) is 0 Å². The Labute approximate surface area is 412 Å². The number of hydrogen-bond donors (Lipinski definition) is 4. The average Bonchev–Trinajstić information content (AvgIpc) is 4.15. The normalized spacial score (nSPS) is 22.8. The molecule has 2 fully saturated rings. The maximum Gasteiger partial charge on any atom is 0.220 e. The molecule has 6 heterocycles. The van der Waals surface area contributed by atoms with E-state index in [1.807, 2.05) is 78.9 Å². The topological polar surface area (TPSA) is 253 Å². The van der Waals surface area contributed by atoms with Crippen LogP contribution in [0.15, 0.2) is 104 Å². The van der Waals surface area contributed by atoms with Crippen molar-refractivity contribution in [2.45, 2.75) is 93.9 Å².